The highest BCUT2D eigenvalue weighted by molar-refractivity contribution is 9.10. The van der Waals surface area contributed by atoms with E-state index in [4.69, 9.17) is 5.73 Å². The third kappa shape index (κ3) is 1.76. The molecule has 3 nitrogen and oxygen atoms in total. The van der Waals surface area contributed by atoms with Gasteiger partial charge in [0.15, 0.2) is 0 Å². The summed E-state index contributed by atoms with van der Waals surface area (Å²) in [5, 5.41) is 9.40. The first-order chi connectivity index (χ1) is 5.65. The highest BCUT2D eigenvalue weighted by Crippen LogP contribution is 2.26. The molecule has 0 radical (unpaired) electrons. The number of phenolic OH excluding ortho intramolecular Hbond substituents is 1. The summed E-state index contributed by atoms with van der Waals surface area (Å²) in [5.41, 5.74) is 6.69. The molecule has 1 rings (SSSR count). The van der Waals surface area contributed by atoms with Crippen LogP contribution in [0.5, 0.6) is 5.75 Å². The number of halogens is 1. The molecule has 0 bridgehead atoms. The van der Waals surface area contributed by atoms with Gasteiger partial charge in [0.2, 0.25) is 0 Å². The van der Waals surface area contributed by atoms with Crippen LogP contribution in [0, 0.1) is 0 Å². The summed E-state index contributed by atoms with van der Waals surface area (Å²) in [6.07, 6.45) is 1.52. The van der Waals surface area contributed by atoms with Crippen LogP contribution < -0.4 is 5.73 Å². The van der Waals surface area contributed by atoms with Gasteiger partial charge in [-0.1, -0.05) is 15.9 Å². The van der Waals surface area contributed by atoms with Crippen LogP contribution in [-0.4, -0.2) is 18.4 Å². The topological polar surface area (TPSA) is 58.6 Å². The Balaban J connectivity index is 3.28. The van der Waals surface area contributed by atoms with E-state index in [2.05, 4.69) is 20.9 Å². The van der Waals surface area contributed by atoms with Gasteiger partial charge in [0.05, 0.1) is 5.56 Å². The van der Waals surface area contributed by atoms with Crippen molar-refractivity contribution in [2.75, 3.05) is 12.8 Å². The molecule has 0 aromatic heterocycles. The van der Waals surface area contributed by atoms with Gasteiger partial charge in [0, 0.05) is 23.4 Å². The Labute approximate surface area is 79.1 Å². The Bertz CT molecular complexity index is 300. The van der Waals surface area contributed by atoms with E-state index in [1.807, 2.05) is 0 Å². The third-order valence-electron chi connectivity index (χ3n) is 1.41. The number of nitrogen functional groups attached to an aromatic ring is 1. The second kappa shape index (κ2) is 3.58. The average molecular weight is 229 g/mol. The van der Waals surface area contributed by atoms with Crippen molar-refractivity contribution in [3.8, 4) is 5.75 Å². The normalized spacial score (nSPS) is 10.8. The van der Waals surface area contributed by atoms with Crippen LogP contribution in [-0.2, 0) is 0 Å². The number of rotatable bonds is 1. The molecule has 0 saturated carbocycles. The van der Waals surface area contributed by atoms with Crippen LogP contribution in [0.2, 0.25) is 0 Å². The monoisotopic (exact) mass is 228 g/mol. The first-order valence-corrected chi connectivity index (χ1v) is 4.14. The minimum atomic E-state index is 0.132. The van der Waals surface area contributed by atoms with Crippen molar-refractivity contribution in [3.63, 3.8) is 0 Å². The molecule has 0 spiro atoms. The predicted molar refractivity (Wildman–Crippen MR) is 53.7 cm³/mol. The van der Waals surface area contributed by atoms with Crippen molar-refractivity contribution in [1.82, 2.24) is 0 Å². The number of phenols is 1. The van der Waals surface area contributed by atoms with Gasteiger partial charge in [0.1, 0.15) is 5.75 Å². The predicted octanol–water partition coefficient (Wildman–Crippen LogP) is 1.79. The summed E-state index contributed by atoms with van der Waals surface area (Å²) < 4.78 is 0.755. The number of nitrogens with two attached hydrogens (primary N) is 1. The Hall–Kier alpha value is -1.03. The summed E-state index contributed by atoms with van der Waals surface area (Å²) in [4.78, 5) is 3.78. The van der Waals surface area contributed by atoms with E-state index in [0.717, 1.165) is 4.47 Å². The van der Waals surface area contributed by atoms with E-state index in [1.54, 1.807) is 19.2 Å². The lowest BCUT2D eigenvalue weighted by atomic mass is 10.2. The molecule has 3 N–H and O–H groups in total. The third-order valence-corrected chi connectivity index (χ3v) is 1.87. The number of benzene rings is 1. The second-order valence-electron chi connectivity index (χ2n) is 2.32. The molecular weight excluding hydrogens is 220 g/mol. The van der Waals surface area contributed by atoms with Crippen LogP contribution >= 0.6 is 15.9 Å². The van der Waals surface area contributed by atoms with Crippen molar-refractivity contribution in [3.05, 3.63) is 22.2 Å². The molecule has 0 aliphatic heterocycles. The number of hydrogen-bond acceptors (Lipinski definition) is 3. The number of aromatic hydroxyl groups is 1. The van der Waals surface area contributed by atoms with Gasteiger partial charge in [0.25, 0.3) is 0 Å². The van der Waals surface area contributed by atoms with Crippen LogP contribution in [0.3, 0.4) is 0 Å². The lowest BCUT2D eigenvalue weighted by molar-refractivity contribution is 0.474. The smallest absolute Gasteiger partial charge is 0.127 e. The molecule has 0 unspecified atom stereocenters. The SMILES string of the molecule is CN=Cc1c(N)cc(Br)cc1O. The summed E-state index contributed by atoms with van der Waals surface area (Å²) in [5.74, 6) is 0.132. The molecule has 4 heteroatoms. The van der Waals surface area contributed by atoms with Gasteiger partial charge in [-0.15, -0.1) is 0 Å². The number of hydrogen-bond donors (Lipinski definition) is 2. The summed E-state index contributed by atoms with van der Waals surface area (Å²) in [6.45, 7) is 0. The van der Waals surface area contributed by atoms with Crippen molar-refractivity contribution >= 4 is 27.8 Å². The van der Waals surface area contributed by atoms with E-state index >= 15 is 0 Å². The average Bonchev–Trinajstić information content (AvgIpc) is 1.96. The molecule has 0 aliphatic rings. The van der Waals surface area contributed by atoms with Crippen molar-refractivity contribution in [1.29, 1.82) is 0 Å². The zero-order chi connectivity index (χ0) is 9.14. The highest BCUT2D eigenvalue weighted by Gasteiger charge is 2.03. The van der Waals surface area contributed by atoms with Gasteiger partial charge in [-0.3, -0.25) is 4.99 Å². The Kier molecular flexibility index (Phi) is 2.70. The fourth-order valence-corrected chi connectivity index (χ4v) is 1.36. The zero-order valence-corrected chi connectivity index (χ0v) is 8.17. The second-order valence-corrected chi connectivity index (χ2v) is 3.23. The molecule has 12 heavy (non-hydrogen) atoms. The first-order valence-electron chi connectivity index (χ1n) is 3.35. The van der Waals surface area contributed by atoms with Gasteiger partial charge in [-0.2, -0.15) is 0 Å². The lowest BCUT2D eigenvalue weighted by Crippen LogP contribution is -1.93. The summed E-state index contributed by atoms with van der Waals surface area (Å²) in [6, 6.07) is 3.30. The molecule has 1 aromatic carbocycles. The fourth-order valence-electron chi connectivity index (χ4n) is 0.894. The van der Waals surface area contributed by atoms with Gasteiger partial charge < -0.3 is 10.8 Å². The molecule has 0 amide bonds. The Morgan fingerprint density at radius 2 is 2.25 bits per heavy atom. The molecule has 0 aliphatic carbocycles. The lowest BCUT2D eigenvalue weighted by Gasteiger charge is -2.03. The molecule has 1 aromatic rings. The highest BCUT2D eigenvalue weighted by atomic mass is 79.9. The quantitative estimate of drug-likeness (QED) is 0.569. The Morgan fingerprint density at radius 3 is 2.75 bits per heavy atom. The van der Waals surface area contributed by atoms with E-state index in [-0.39, 0.29) is 5.75 Å². The maximum atomic E-state index is 9.40. The summed E-state index contributed by atoms with van der Waals surface area (Å²) >= 11 is 3.21. The van der Waals surface area contributed by atoms with Crippen LogP contribution in [0.4, 0.5) is 5.69 Å². The minimum Gasteiger partial charge on any atom is -0.507 e. The first kappa shape index (κ1) is 9.06. The largest absolute Gasteiger partial charge is 0.507 e. The van der Waals surface area contributed by atoms with Crippen molar-refractivity contribution in [2.24, 2.45) is 4.99 Å². The van der Waals surface area contributed by atoms with Crippen molar-refractivity contribution < 1.29 is 5.11 Å². The zero-order valence-electron chi connectivity index (χ0n) is 6.58. The molecule has 0 saturated heterocycles. The van der Waals surface area contributed by atoms with Crippen LogP contribution in [0.1, 0.15) is 5.56 Å². The maximum absolute atomic E-state index is 9.40. The molecule has 0 fully saturated rings. The molecular formula is C8H9BrN2O. The van der Waals surface area contributed by atoms with E-state index in [9.17, 15) is 5.11 Å². The van der Waals surface area contributed by atoms with Gasteiger partial charge in [-0.05, 0) is 12.1 Å². The number of anilines is 1. The van der Waals surface area contributed by atoms with E-state index in [1.165, 1.54) is 6.21 Å². The minimum absolute atomic E-state index is 0.132. The van der Waals surface area contributed by atoms with Crippen LogP contribution in [0.25, 0.3) is 0 Å². The van der Waals surface area contributed by atoms with Gasteiger partial charge >= 0.3 is 0 Å². The van der Waals surface area contributed by atoms with Gasteiger partial charge in [-0.25, -0.2) is 0 Å². The van der Waals surface area contributed by atoms with E-state index in [0.29, 0.717) is 11.3 Å². The molecule has 0 atom stereocenters. The summed E-state index contributed by atoms with van der Waals surface area (Å²) in [7, 11) is 1.63. The Morgan fingerprint density at radius 1 is 1.58 bits per heavy atom. The van der Waals surface area contributed by atoms with Crippen molar-refractivity contribution in [2.45, 2.75) is 0 Å². The molecule has 0 heterocycles. The fraction of sp³-hybridized carbons (Fsp3) is 0.125. The maximum Gasteiger partial charge on any atom is 0.127 e. The number of nitrogens with zero attached hydrogens (tertiary/aromatic N) is 1. The number of aliphatic imine (C=N–C) groups is 1. The van der Waals surface area contributed by atoms with Crippen LogP contribution in [0.15, 0.2) is 21.6 Å². The standard InChI is InChI=1S/C8H9BrN2O/c1-11-4-6-7(10)2-5(9)3-8(6)12/h2-4,12H,10H2,1H3. The molecule has 64 valence electrons. The van der Waals surface area contributed by atoms with E-state index < -0.39 is 0 Å².